The Kier molecular flexibility index (Phi) is 6.26. The molecule has 3 rings (SSSR count). The van der Waals surface area contributed by atoms with Crippen LogP contribution in [0.4, 0.5) is 0 Å². The minimum atomic E-state index is -2.80. The van der Waals surface area contributed by atoms with Crippen LogP contribution in [0.15, 0.2) is 91.0 Å². The first kappa shape index (κ1) is 19.1. The average Bonchev–Trinajstić information content (AvgIpc) is 2.74. The summed E-state index contributed by atoms with van der Waals surface area (Å²) in [6.45, 7) is 2.20. The van der Waals surface area contributed by atoms with E-state index in [2.05, 4.69) is 0 Å². The van der Waals surface area contributed by atoms with Crippen LogP contribution in [-0.2, 0) is 9.30 Å². The lowest BCUT2D eigenvalue weighted by Crippen LogP contribution is -2.24. The Hall–Kier alpha value is -2.64. The molecular weight excluding hydrogens is 355 g/mol. The summed E-state index contributed by atoms with van der Waals surface area (Å²) in [5.41, 5.74) is 0.527. The Morgan fingerprint density at radius 1 is 0.815 bits per heavy atom. The van der Waals surface area contributed by atoms with Crippen LogP contribution in [0, 0.1) is 5.92 Å². The second kappa shape index (κ2) is 8.83. The molecule has 0 saturated carbocycles. The lowest BCUT2D eigenvalue weighted by Gasteiger charge is -2.23. The van der Waals surface area contributed by atoms with Gasteiger partial charge in [-0.15, -0.1) is 0 Å². The molecule has 0 saturated heterocycles. The van der Waals surface area contributed by atoms with Gasteiger partial charge in [-0.2, -0.15) is 0 Å². The third-order valence-electron chi connectivity index (χ3n) is 4.42. The van der Waals surface area contributed by atoms with Crippen LogP contribution in [-0.4, -0.2) is 18.7 Å². The van der Waals surface area contributed by atoms with Gasteiger partial charge in [-0.05, 0) is 18.1 Å². The lowest BCUT2D eigenvalue weighted by molar-refractivity contribution is 0.0460. The smallest absolute Gasteiger partial charge is 0.338 e. The summed E-state index contributed by atoms with van der Waals surface area (Å²) in [6.07, 6.45) is 0.448. The SMILES string of the molecule is C[C@H](COC(=O)c1ccccc1)CP(=O)(c1ccccc1)c1ccccc1. The summed E-state index contributed by atoms with van der Waals surface area (Å²) in [5.74, 6) is -0.388. The molecule has 4 heteroatoms. The van der Waals surface area contributed by atoms with Gasteiger partial charge in [0.1, 0.15) is 7.14 Å². The zero-order valence-electron chi connectivity index (χ0n) is 15.3. The van der Waals surface area contributed by atoms with Gasteiger partial charge in [0.05, 0.1) is 12.2 Å². The summed E-state index contributed by atoms with van der Waals surface area (Å²) in [6, 6.07) is 28.0. The number of carbonyl (C=O) groups excluding carboxylic acids is 1. The first-order chi connectivity index (χ1) is 13.1. The van der Waals surface area contributed by atoms with Crippen molar-refractivity contribution in [2.75, 3.05) is 12.8 Å². The molecule has 0 bridgehead atoms. The normalized spacial score (nSPS) is 12.3. The van der Waals surface area contributed by atoms with Crippen LogP contribution >= 0.6 is 7.14 Å². The van der Waals surface area contributed by atoms with Crippen molar-refractivity contribution in [1.29, 1.82) is 0 Å². The quantitative estimate of drug-likeness (QED) is 0.449. The summed E-state index contributed by atoms with van der Waals surface area (Å²) < 4.78 is 19.4. The third kappa shape index (κ3) is 4.75. The van der Waals surface area contributed by atoms with Crippen molar-refractivity contribution in [3.8, 4) is 0 Å². The summed E-state index contributed by atoms with van der Waals surface area (Å²) in [5, 5.41) is 1.66. The molecule has 0 aliphatic heterocycles. The number of benzene rings is 3. The second-order valence-electron chi connectivity index (χ2n) is 6.66. The number of ether oxygens (including phenoxy) is 1. The van der Waals surface area contributed by atoms with Gasteiger partial charge in [-0.3, -0.25) is 0 Å². The minimum Gasteiger partial charge on any atom is -0.462 e. The van der Waals surface area contributed by atoms with E-state index in [0.29, 0.717) is 11.7 Å². The maximum Gasteiger partial charge on any atom is 0.338 e. The molecular formula is C23H23O3P. The number of hydrogen-bond acceptors (Lipinski definition) is 3. The van der Waals surface area contributed by atoms with Crippen LogP contribution in [0.1, 0.15) is 17.3 Å². The molecule has 0 N–H and O–H groups in total. The topological polar surface area (TPSA) is 43.4 Å². The van der Waals surface area contributed by atoms with Crippen molar-refractivity contribution >= 4 is 23.7 Å². The van der Waals surface area contributed by atoms with Gasteiger partial charge >= 0.3 is 5.97 Å². The summed E-state index contributed by atoms with van der Waals surface area (Å²) in [4.78, 5) is 12.2. The fourth-order valence-corrected chi connectivity index (χ4v) is 6.08. The van der Waals surface area contributed by atoms with Gasteiger partial charge < -0.3 is 9.30 Å². The molecule has 0 unspecified atom stereocenters. The van der Waals surface area contributed by atoms with E-state index in [0.717, 1.165) is 10.6 Å². The van der Waals surface area contributed by atoms with Gasteiger partial charge in [-0.25, -0.2) is 4.79 Å². The lowest BCUT2D eigenvalue weighted by atomic mass is 10.2. The molecule has 0 aromatic heterocycles. The second-order valence-corrected chi connectivity index (χ2v) is 9.54. The first-order valence-electron chi connectivity index (χ1n) is 9.02. The highest BCUT2D eigenvalue weighted by Crippen LogP contribution is 2.45. The first-order valence-corrected chi connectivity index (χ1v) is 10.9. The number of hydrogen-bond donors (Lipinski definition) is 0. The van der Waals surface area contributed by atoms with E-state index in [1.807, 2.05) is 73.7 Å². The van der Waals surface area contributed by atoms with E-state index in [1.165, 1.54) is 0 Å². The van der Waals surface area contributed by atoms with E-state index in [4.69, 9.17) is 4.74 Å². The Bertz CT molecular complexity index is 865. The molecule has 0 aliphatic rings. The fraction of sp³-hybridized carbons (Fsp3) is 0.174. The summed E-state index contributed by atoms with van der Waals surface area (Å²) in [7, 11) is -2.80. The molecule has 0 amide bonds. The molecule has 27 heavy (non-hydrogen) atoms. The number of carbonyl (C=O) groups is 1. The maximum absolute atomic E-state index is 14.0. The van der Waals surface area contributed by atoms with Crippen molar-refractivity contribution in [1.82, 2.24) is 0 Å². The zero-order valence-corrected chi connectivity index (χ0v) is 16.2. The van der Waals surface area contributed by atoms with Crippen molar-refractivity contribution in [3.63, 3.8) is 0 Å². The third-order valence-corrected chi connectivity index (χ3v) is 7.83. The van der Waals surface area contributed by atoms with Crippen LogP contribution in [0.2, 0.25) is 0 Å². The highest BCUT2D eigenvalue weighted by atomic mass is 31.2. The molecule has 3 aromatic carbocycles. The standard InChI is InChI=1S/C23H23O3P/c1-19(17-26-23(24)20-11-5-2-6-12-20)18-27(25,21-13-7-3-8-14-21)22-15-9-4-10-16-22/h2-16,19H,17-18H2,1H3/t19-/m1/s1. The van der Waals surface area contributed by atoms with E-state index in [-0.39, 0.29) is 18.5 Å². The number of esters is 1. The Balaban J connectivity index is 1.75. The molecule has 138 valence electrons. The van der Waals surface area contributed by atoms with Crippen LogP contribution in [0.5, 0.6) is 0 Å². The average molecular weight is 378 g/mol. The van der Waals surface area contributed by atoms with E-state index in [1.54, 1.807) is 24.3 Å². The van der Waals surface area contributed by atoms with Gasteiger partial charge in [-0.1, -0.05) is 85.8 Å². The Morgan fingerprint density at radius 3 is 1.74 bits per heavy atom. The van der Waals surface area contributed by atoms with Gasteiger partial charge in [0, 0.05) is 16.8 Å². The van der Waals surface area contributed by atoms with Crippen molar-refractivity contribution in [2.24, 2.45) is 5.92 Å². The van der Waals surface area contributed by atoms with Crippen molar-refractivity contribution < 1.29 is 14.1 Å². The molecule has 0 spiro atoms. The molecule has 0 radical (unpaired) electrons. The van der Waals surface area contributed by atoms with Gasteiger partial charge in [0.25, 0.3) is 0 Å². The fourth-order valence-electron chi connectivity index (χ4n) is 3.06. The monoisotopic (exact) mass is 378 g/mol. The minimum absolute atomic E-state index is 0.0380. The van der Waals surface area contributed by atoms with Gasteiger partial charge in [0.15, 0.2) is 0 Å². The van der Waals surface area contributed by atoms with E-state index < -0.39 is 7.14 Å². The Labute approximate surface area is 160 Å². The molecule has 3 aromatic rings. The molecule has 0 aliphatic carbocycles. The van der Waals surface area contributed by atoms with Crippen LogP contribution < -0.4 is 10.6 Å². The highest BCUT2D eigenvalue weighted by molar-refractivity contribution is 7.78. The van der Waals surface area contributed by atoms with Crippen molar-refractivity contribution in [2.45, 2.75) is 6.92 Å². The van der Waals surface area contributed by atoms with Crippen LogP contribution in [0.25, 0.3) is 0 Å². The molecule has 3 nitrogen and oxygen atoms in total. The molecule has 0 fully saturated rings. The largest absolute Gasteiger partial charge is 0.462 e. The zero-order chi connectivity index (χ0) is 19.1. The van der Waals surface area contributed by atoms with E-state index >= 15 is 0 Å². The molecule has 1 atom stereocenters. The Morgan fingerprint density at radius 2 is 1.26 bits per heavy atom. The molecule has 0 heterocycles. The predicted octanol–water partition coefficient (Wildman–Crippen LogP) is 4.49. The predicted molar refractivity (Wildman–Crippen MR) is 111 cm³/mol. The van der Waals surface area contributed by atoms with Crippen molar-refractivity contribution in [3.05, 3.63) is 96.6 Å². The maximum atomic E-state index is 14.0. The highest BCUT2D eigenvalue weighted by Gasteiger charge is 2.29. The number of rotatable bonds is 7. The van der Waals surface area contributed by atoms with Crippen LogP contribution in [0.3, 0.4) is 0 Å². The van der Waals surface area contributed by atoms with E-state index in [9.17, 15) is 9.36 Å². The van der Waals surface area contributed by atoms with Gasteiger partial charge in [0.2, 0.25) is 0 Å². The summed E-state index contributed by atoms with van der Waals surface area (Å²) >= 11 is 0.